The number of nitrogens with zero attached hydrogens (tertiary/aromatic N) is 2. The second kappa shape index (κ2) is 6.63. The van der Waals surface area contributed by atoms with E-state index >= 15 is 0 Å². The molecule has 0 aliphatic heterocycles. The number of guanidine groups is 2. The maximum Gasteiger partial charge on any atom is 0.256 e. The van der Waals surface area contributed by atoms with Gasteiger partial charge in [0, 0.05) is 21.3 Å². The van der Waals surface area contributed by atoms with Gasteiger partial charge < -0.3 is 22.9 Å². The van der Waals surface area contributed by atoms with Gasteiger partial charge in [0.15, 0.2) is 0 Å². The number of hydrogen-bond donors (Lipinski definition) is 6. The van der Waals surface area contributed by atoms with Crippen molar-refractivity contribution < 1.29 is 10.2 Å². The van der Waals surface area contributed by atoms with Gasteiger partial charge in [-0.05, 0) is 24.3 Å². The van der Waals surface area contributed by atoms with Crippen LogP contribution in [0.2, 0.25) is 0 Å². The van der Waals surface area contributed by atoms with Crippen molar-refractivity contribution in [2.75, 3.05) is 0 Å². The van der Waals surface area contributed by atoms with Gasteiger partial charge in [-0.25, -0.2) is 0 Å². The molecule has 0 amide bonds. The van der Waals surface area contributed by atoms with Crippen LogP contribution in [0.5, 0.6) is 0 Å². The van der Waals surface area contributed by atoms with Crippen molar-refractivity contribution in [3.63, 3.8) is 0 Å². The Labute approximate surface area is 104 Å². The van der Waals surface area contributed by atoms with Crippen molar-refractivity contribution in [1.29, 1.82) is 0 Å². The Kier molecular flexibility index (Phi) is 4.85. The molecule has 0 aromatic heterocycles. The molecule has 0 bridgehead atoms. The van der Waals surface area contributed by atoms with Gasteiger partial charge in [0.05, 0.1) is 0 Å². The Morgan fingerprint density at radius 2 is 1.11 bits per heavy atom. The molecule has 8 heteroatoms. The molecule has 0 fully saturated rings. The van der Waals surface area contributed by atoms with Crippen LogP contribution in [0.4, 0.5) is 0 Å². The summed E-state index contributed by atoms with van der Waals surface area (Å²) in [5.41, 5.74) is 22.5. The Hall–Kier alpha value is -2.90. The number of benzene rings is 1. The average molecular weight is 248 g/mol. The highest BCUT2D eigenvalue weighted by atomic mass is 15.3. The van der Waals surface area contributed by atoms with E-state index in [2.05, 4.69) is 20.4 Å². The number of nitrogens with one attached hydrogen (secondary N) is 2. The predicted octanol–water partition coefficient (Wildman–Crippen LogP) is -4.94. The maximum atomic E-state index is 5.16. The van der Waals surface area contributed by atoms with Crippen LogP contribution in [0.3, 0.4) is 0 Å². The standard InChI is InChI=1S/C10H14N8/c11-9(12)17-15-5-7-1-2-8(4-3-7)6-16-18-10(13)14/h1-6H,(H4,11,12,17)(H4,13,14,18)/p+2/b15-5+,16-6+. The lowest BCUT2D eigenvalue weighted by atomic mass is 10.2. The van der Waals surface area contributed by atoms with E-state index in [0.29, 0.717) is 0 Å². The van der Waals surface area contributed by atoms with Crippen LogP contribution in [-0.2, 0) is 0 Å². The minimum atomic E-state index is -0.0300. The van der Waals surface area contributed by atoms with Crippen molar-refractivity contribution in [1.82, 2.24) is 0 Å². The summed E-state index contributed by atoms with van der Waals surface area (Å²) in [6.07, 6.45) is 3.32. The normalized spacial score (nSPS) is 10.7. The van der Waals surface area contributed by atoms with E-state index in [1.807, 2.05) is 24.3 Å². The van der Waals surface area contributed by atoms with Gasteiger partial charge in [0.25, 0.3) is 11.9 Å². The Balaban J connectivity index is 2.69. The summed E-state index contributed by atoms with van der Waals surface area (Å²) >= 11 is 0. The van der Waals surface area contributed by atoms with Crippen LogP contribution in [0.25, 0.3) is 0 Å². The first-order valence-electron chi connectivity index (χ1n) is 5.03. The van der Waals surface area contributed by atoms with Gasteiger partial charge >= 0.3 is 0 Å². The molecular formula is C10H16N8+2. The molecule has 0 radical (unpaired) electrons. The minimum Gasteiger partial charge on any atom is -0.365 e. The van der Waals surface area contributed by atoms with Crippen molar-refractivity contribution in [3.8, 4) is 0 Å². The second-order valence-corrected chi connectivity index (χ2v) is 3.29. The summed E-state index contributed by atoms with van der Waals surface area (Å²) < 4.78 is 0. The molecule has 0 saturated carbocycles. The maximum absolute atomic E-state index is 5.16. The molecule has 1 aromatic rings. The van der Waals surface area contributed by atoms with Crippen molar-refractivity contribution >= 4 is 24.3 Å². The van der Waals surface area contributed by atoms with Gasteiger partial charge in [-0.3, -0.25) is 0 Å². The third-order valence-corrected chi connectivity index (χ3v) is 1.79. The molecule has 18 heavy (non-hydrogen) atoms. The topological polar surface area (TPSA) is 157 Å². The lowest BCUT2D eigenvalue weighted by Crippen LogP contribution is -2.64. The molecule has 0 aliphatic carbocycles. The summed E-state index contributed by atoms with van der Waals surface area (Å²) in [4.78, 5) is 0. The zero-order valence-corrected chi connectivity index (χ0v) is 9.67. The van der Waals surface area contributed by atoms with E-state index < -0.39 is 0 Å². The van der Waals surface area contributed by atoms with E-state index in [0.717, 1.165) is 11.1 Å². The largest absolute Gasteiger partial charge is 0.365 e. The van der Waals surface area contributed by atoms with E-state index in [1.165, 1.54) is 0 Å². The van der Waals surface area contributed by atoms with Gasteiger partial charge in [0.2, 0.25) is 12.4 Å². The lowest BCUT2D eigenvalue weighted by Gasteiger charge is -1.89. The molecule has 0 spiro atoms. The SMILES string of the molecule is NC(N)=N/[NH+]=C/c1ccc(/C=[NH+]/N=C(N)N)cc1. The number of nitrogens with two attached hydrogens (primary N) is 4. The quantitative estimate of drug-likeness (QED) is 0.179. The van der Waals surface area contributed by atoms with Gasteiger partial charge in [-0.2, -0.15) is 0 Å². The van der Waals surface area contributed by atoms with Crippen molar-refractivity contribution in [2.45, 2.75) is 0 Å². The monoisotopic (exact) mass is 248 g/mol. The summed E-state index contributed by atoms with van der Waals surface area (Å²) in [5.74, 6) is -0.0599. The molecule has 1 rings (SSSR count). The molecule has 10 N–H and O–H groups in total. The molecule has 0 saturated heterocycles. The molecule has 0 heterocycles. The van der Waals surface area contributed by atoms with Crippen molar-refractivity contribution in [3.05, 3.63) is 35.4 Å². The van der Waals surface area contributed by atoms with Gasteiger partial charge in [-0.15, -0.1) is 10.2 Å². The molecule has 0 unspecified atom stereocenters. The van der Waals surface area contributed by atoms with E-state index in [1.54, 1.807) is 12.4 Å². The Morgan fingerprint density at radius 3 is 1.39 bits per heavy atom. The molecular weight excluding hydrogens is 232 g/mol. The predicted molar refractivity (Wildman–Crippen MR) is 70.3 cm³/mol. The smallest absolute Gasteiger partial charge is 0.256 e. The fourth-order valence-corrected chi connectivity index (χ4v) is 1.05. The van der Waals surface area contributed by atoms with Gasteiger partial charge in [-0.1, -0.05) is 0 Å². The third kappa shape index (κ3) is 5.26. The first kappa shape index (κ1) is 13.2. The van der Waals surface area contributed by atoms with Crippen LogP contribution in [0.1, 0.15) is 11.1 Å². The average Bonchev–Trinajstić information content (AvgIpc) is 2.30. The van der Waals surface area contributed by atoms with E-state index in [-0.39, 0.29) is 11.9 Å². The first-order valence-corrected chi connectivity index (χ1v) is 5.03. The molecule has 8 nitrogen and oxygen atoms in total. The first-order chi connectivity index (χ1) is 8.58. The highest BCUT2D eigenvalue weighted by Gasteiger charge is 1.94. The van der Waals surface area contributed by atoms with Gasteiger partial charge in [0.1, 0.15) is 0 Å². The molecule has 94 valence electrons. The fourth-order valence-electron chi connectivity index (χ4n) is 1.05. The van der Waals surface area contributed by atoms with Crippen LogP contribution in [0, 0.1) is 0 Å². The summed E-state index contributed by atoms with van der Waals surface area (Å²) in [5, 5.41) is 12.4. The molecule has 0 atom stereocenters. The zero-order chi connectivity index (χ0) is 13.4. The number of rotatable bonds is 4. The summed E-state index contributed by atoms with van der Waals surface area (Å²) in [6.45, 7) is 0. The highest BCUT2D eigenvalue weighted by Crippen LogP contribution is 1.97. The summed E-state index contributed by atoms with van der Waals surface area (Å²) in [7, 11) is 0. The highest BCUT2D eigenvalue weighted by molar-refractivity contribution is 5.80. The van der Waals surface area contributed by atoms with Crippen molar-refractivity contribution in [2.24, 2.45) is 33.1 Å². The Morgan fingerprint density at radius 1 is 0.778 bits per heavy atom. The van der Waals surface area contributed by atoms with Crippen LogP contribution in [0.15, 0.2) is 34.5 Å². The summed E-state index contributed by atoms with van der Waals surface area (Å²) in [6, 6.07) is 7.49. The van der Waals surface area contributed by atoms with Crippen LogP contribution < -0.4 is 33.1 Å². The van der Waals surface area contributed by atoms with Crippen LogP contribution >= 0.6 is 0 Å². The van der Waals surface area contributed by atoms with E-state index in [4.69, 9.17) is 22.9 Å². The fraction of sp³-hybridized carbons (Fsp3) is 0. The second-order valence-electron chi connectivity index (χ2n) is 3.29. The zero-order valence-electron chi connectivity index (χ0n) is 9.67. The minimum absolute atomic E-state index is 0.0300. The van der Waals surface area contributed by atoms with Crippen LogP contribution in [-0.4, -0.2) is 24.3 Å². The van der Waals surface area contributed by atoms with E-state index in [9.17, 15) is 0 Å². The third-order valence-electron chi connectivity index (χ3n) is 1.79. The molecule has 0 aliphatic rings. The number of hydrogen-bond acceptors (Lipinski definition) is 2. The lowest BCUT2D eigenvalue weighted by molar-refractivity contribution is -0.457. The Bertz CT molecular complexity index is 442. The number of hydrazone groups is 2. The molecule has 1 aromatic carbocycles.